The van der Waals surface area contributed by atoms with Crippen LogP contribution < -0.4 is 9.41 Å². The molecule has 0 unspecified atom stereocenters. The van der Waals surface area contributed by atoms with Crippen molar-refractivity contribution < 1.29 is 35.6 Å². The van der Waals surface area contributed by atoms with Gasteiger partial charge in [0.1, 0.15) is 0 Å². The van der Waals surface area contributed by atoms with E-state index in [0.29, 0.717) is 0 Å². The molecule has 0 bridgehead atoms. The molecule has 4 heteroatoms. The molecular weight excluding hydrogens is 398 g/mol. The first-order chi connectivity index (χ1) is 10.2. The van der Waals surface area contributed by atoms with E-state index in [1.807, 2.05) is 0 Å². The zero-order chi connectivity index (χ0) is 16.1. The Balaban J connectivity index is -0.000000130. The largest absolute Gasteiger partial charge is 4.00 e. The van der Waals surface area contributed by atoms with E-state index in [-0.39, 0.29) is 35.6 Å². The molecule has 0 spiro atoms. The van der Waals surface area contributed by atoms with Crippen molar-refractivity contribution in [1.29, 1.82) is 0 Å². The first-order valence-electron chi connectivity index (χ1n) is 8.39. The maximum atomic E-state index is 2.21. The minimum atomic E-state index is 0. The molecule has 0 fully saturated rings. The Morgan fingerprint density at radius 3 is 1.21 bits per heavy atom. The maximum absolute atomic E-state index is 2.21. The van der Waals surface area contributed by atoms with Crippen molar-refractivity contribution in [2.45, 2.75) is 66.5 Å². The van der Waals surface area contributed by atoms with Crippen molar-refractivity contribution in [3.63, 3.8) is 0 Å². The van der Waals surface area contributed by atoms with Gasteiger partial charge in [-0.15, -0.1) is 0 Å². The number of hydrogen-bond donors (Lipinski definition) is 0. The van der Waals surface area contributed by atoms with Crippen LogP contribution in [0, 0.1) is 0 Å². The summed E-state index contributed by atoms with van der Waals surface area (Å²) >= 11 is 0. The fourth-order valence-corrected chi connectivity index (χ4v) is 2.37. The van der Waals surface area contributed by atoms with Crippen molar-refractivity contribution in [2.24, 2.45) is 0 Å². The first-order valence-corrected chi connectivity index (χ1v) is 10.7. The van der Waals surface area contributed by atoms with Crippen molar-refractivity contribution in [3.8, 4) is 0 Å². The van der Waals surface area contributed by atoms with E-state index in [0.717, 1.165) is 9.52 Å². The average molecular weight is 431 g/mol. The monoisotopic (exact) mass is 429 g/mol. The van der Waals surface area contributed by atoms with Gasteiger partial charge in [0.15, 0.2) is 0 Å². The van der Waals surface area contributed by atoms with E-state index in [2.05, 4.69) is 77.2 Å². The molecule has 0 aromatic heterocycles. The second-order valence-corrected chi connectivity index (χ2v) is 6.30. The molecule has 0 nitrogen and oxygen atoms in total. The summed E-state index contributed by atoms with van der Waals surface area (Å²) in [4.78, 5) is 0. The van der Waals surface area contributed by atoms with Crippen molar-refractivity contribution in [2.75, 3.05) is 0 Å². The predicted octanol–water partition coefficient (Wildman–Crippen LogP) is -0.415. The Hall–Kier alpha value is -0.340. The van der Waals surface area contributed by atoms with Crippen LogP contribution in [0.3, 0.4) is 0 Å². The Kier molecular flexibility index (Phi) is 27.1. The topological polar surface area (TPSA) is 0 Å². The van der Waals surface area contributed by atoms with Gasteiger partial charge in [-0.3, -0.25) is 0 Å². The van der Waals surface area contributed by atoms with Crippen molar-refractivity contribution in [3.05, 3.63) is 58.7 Å². The Morgan fingerprint density at radius 2 is 1.04 bits per heavy atom. The predicted molar refractivity (Wildman–Crippen MR) is 100 cm³/mol. The van der Waals surface area contributed by atoms with E-state index >= 15 is 0 Å². The molecule has 0 saturated heterocycles. The van der Waals surface area contributed by atoms with Gasteiger partial charge in [0.05, 0.1) is 0 Å². The van der Waals surface area contributed by atoms with E-state index < -0.39 is 0 Å². The van der Waals surface area contributed by atoms with Crippen LogP contribution in [0.5, 0.6) is 0 Å². The summed E-state index contributed by atoms with van der Waals surface area (Å²) in [6.07, 6.45) is 4.71. The SMILES string of the molecule is CCc1ccc[c-]1CC.CCc1ccc[c-]1CC.C[SiH]C.[F-].[F-].[Zr+4]. The molecule has 0 aliphatic heterocycles. The molecule has 24 heavy (non-hydrogen) atoms. The summed E-state index contributed by atoms with van der Waals surface area (Å²) in [5.41, 5.74) is 6.05. The molecule has 0 N–H and O–H groups in total. The fraction of sp³-hybridized carbons (Fsp3) is 0.500. The number of halogens is 2. The third kappa shape index (κ3) is 12.1. The molecule has 2 aromatic rings. The van der Waals surface area contributed by atoms with Gasteiger partial charge in [0.25, 0.3) is 0 Å². The summed E-state index contributed by atoms with van der Waals surface area (Å²) in [5.74, 6) is 0. The van der Waals surface area contributed by atoms with E-state index in [4.69, 9.17) is 0 Å². The molecule has 0 aliphatic rings. The Labute approximate surface area is 169 Å². The quantitative estimate of drug-likeness (QED) is 0.457. The second kappa shape index (κ2) is 20.7. The number of aryl methyl sites for hydroxylation is 4. The summed E-state index contributed by atoms with van der Waals surface area (Å²) in [6.45, 7) is 13.2. The molecule has 1 radical (unpaired) electrons. The third-order valence-corrected chi connectivity index (χ3v) is 3.54. The van der Waals surface area contributed by atoms with Crippen LogP contribution in [0.15, 0.2) is 36.4 Å². The van der Waals surface area contributed by atoms with Gasteiger partial charge in [0.2, 0.25) is 0 Å². The van der Waals surface area contributed by atoms with Gasteiger partial charge in [0, 0.05) is 9.52 Å². The molecule has 135 valence electrons. The summed E-state index contributed by atoms with van der Waals surface area (Å²) in [7, 11) is 0.750. The standard InChI is InChI=1S/2C9H13.C2H7Si.2FH.Zr/c2*1-3-8-6-5-7-9(8)4-2;1-3-2;;;/h2*5-7H,3-4H2,1-2H3;3H,1-2H3;2*1H;/q2*-1;;;;+4/p-2. The van der Waals surface area contributed by atoms with Crippen LogP contribution >= 0.6 is 0 Å². The van der Waals surface area contributed by atoms with Gasteiger partial charge in [-0.05, 0) is 0 Å². The van der Waals surface area contributed by atoms with Crippen LogP contribution in [0.1, 0.15) is 49.9 Å². The van der Waals surface area contributed by atoms with Crippen LogP contribution in [0.25, 0.3) is 0 Å². The minimum absolute atomic E-state index is 0. The average Bonchev–Trinajstić information content (AvgIpc) is 3.16. The maximum Gasteiger partial charge on any atom is 4.00 e. The van der Waals surface area contributed by atoms with Gasteiger partial charge in [-0.2, -0.15) is 34.4 Å². The third-order valence-electron chi connectivity index (χ3n) is 3.54. The Bertz CT molecular complexity index is 384. The zero-order valence-corrected chi connectivity index (χ0v) is 19.7. The van der Waals surface area contributed by atoms with E-state index in [9.17, 15) is 0 Å². The molecule has 0 atom stereocenters. The van der Waals surface area contributed by atoms with Gasteiger partial charge < -0.3 is 9.41 Å². The molecule has 0 amide bonds. The van der Waals surface area contributed by atoms with Crippen molar-refractivity contribution in [1.82, 2.24) is 0 Å². The van der Waals surface area contributed by atoms with Gasteiger partial charge in [-0.1, -0.05) is 66.5 Å². The van der Waals surface area contributed by atoms with Crippen molar-refractivity contribution >= 4 is 9.52 Å². The molecule has 2 rings (SSSR count). The normalized spacial score (nSPS) is 8.25. The van der Waals surface area contributed by atoms with Crippen LogP contribution in [0.2, 0.25) is 13.1 Å². The Morgan fingerprint density at radius 1 is 0.750 bits per heavy atom. The molecule has 2 aromatic carbocycles. The fourth-order valence-electron chi connectivity index (χ4n) is 2.37. The van der Waals surface area contributed by atoms with Gasteiger partial charge >= 0.3 is 26.2 Å². The van der Waals surface area contributed by atoms with E-state index in [1.54, 1.807) is 0 Å². The van der Waals surface area contributed by atoms with Crippen LogP contribution in [-0.4, -0.2) is 9.52 Å². The van der Waals surface area contributed by atoms with Gasteiger partial charge in [-0.25, -0.2) is 24.3 Å². The minimum Gasteiger partial charge on any atom is -1.00 e. The summed E-state index contributed by atoms with van der Waals surface area (Å²) < 4.78 is 0. The van der Waals surface area contributed by atoms with Crippen LogP contribution in [-0.2, 0) is 51.9 Å². The molecule has 0 aliphatic carbocycles. The summed E-state index contributed by atoms with van der Waals surface area (Å²) in [6, 6.07) is 13.1. The molecule has 0 heterocycles. The summed E-state index contributed by atoms with van der Waals surface area (Å²) in [5, 5.41) is 0. The molecular formula is C20H33F2SiZr. The smallest absolute Gasteiger partial charge is 1.00 e. The number of rotatable bonds is 4. The second-order valence-electron chi connectivity index (χ2n) is 5.14. The number of hydrogen-bond acceptors (Lipinski definition) is 0. The molecule has 0 saturated carbocycles. The van der Waals surface area contributed by atoms with E-state index in [1.165, 1.54) is 47.9 Å². The first kappa shape index (κ1) is 31.4. The van der Waals surface area contributed by atoms with Crippen LogP contribution in [0.4, 0.5) is 0 Å². The zero-order valence-electron chi connectivity index (χ0n) is 16.1.